The van der Waals surface area contributed by atoms with E-state index in [4.69, 9.17) is 10.5 Å². The number of likely N-dealkylation sites (tertiary alicyclic amines) is 1. The lowest BCUT2D eigenvalue weighted by atomic mass is 9.89. The number of methoxy groups -OCH3 is 1. The average molecular weight is 276 g/mol. The van der Waals surface area contributed by atoms with Gasteiger partial charge >= 0.3 is 0 Å². The van der Waals surface area contributed by atoms with Crippen molar-refractivity contribution in [1.82, 2.24) is 4.90 Å². The molecule has 2 unspecified atom stereocenters. The number of rotatable bonds is 4. The monoisotopic (exact) mass is 276 g/mol. The summed E-state index contributed by atoms with van der Waals surface area (Å²) in [4.78, 5) is 14.1. The number of carbonyl (C=O) groups is 1. The average Bonchev–Trinajstić information content (AvgIpc) is 2.43. The number of ether oxygens (including phenoxy) is 1. The minimum Gasteiger partial charge on any atom is -0.496 e. The third-order valence-corrected chi connectivity index (χ3v) is 3.98. The number of hydrogen-bond donors (Lipinski definition) is 1. The van der Waals surface area contributed by atoms with Gasteiger partial charge in [-0.25, -0.2) is 0 Å². The maximum Gasteiger partial charge on any atom is 0.223 e. The predicted octanol–water partition coefficient (Wildman–Crippen LogP) is 2.40. The molecule has 0 aromatic heterocycles. The van der Waals surface area contributed by atoms with Crippen LogP contribution in [-0.4, -0.2) is 30.5 Å². The summed E-state index contributed by atoms with van der Waals surface area (Å²) in [6.45, 7) is 4.87. The highest BCUT2D eigenvalue weighted by atomic mass is 16.5. The molecule has 20 heavy (non-hydrogen) atoms. The van der Waals surface area contributed by atoms with Gasteiger partial charge in [-0.2, -0.15) is 0 Å². The van der Waals surface area contributed by atoms with Crippen LogP contribution in [0, 0.1) is 6.92 Å². The van der Waals surface area contributed by atoms with E-state index in [1.165, 1.54) is 0 Å². The molecule has 1 aromatic rings. The van der Waals surface area contributed by atoms with E-state index >= 15 is 0 Å². The van der Waals surface area contributed by atoms with Gasteiger partial charge in [-0.1, -0.05) is 19.1 Å². The van der Waals surface area contributed by atoms with Gasteiger partial charge in [0.15, 0.2) is 0 Å². The highest BCUT2D eigenvalue weighted by Crippen LogP contribution is 2.33. The van der Waals surface area contributed by atoms with Crippen molar-refractivity contribution in [2.24, 2.45) is 5.73 Å². The number of benzene rings is 1. The predicted molar refractivity (Wildman–Crippen MR) is 79.7 cm³/mol. The molecule has 2 atom stereocenters. The largest absolute Gasteiger partial charge is 0.496 e. The molecule has 1 saturated heterocycles. The Labute approximate surface area is 120 Å². The number of aryl methyl sites for hydroxylation is 1. The van der Waals surface area contributed by atoms with Gasteiger partial charge in [0.1, 0.15) is 5.75 Å². The van der Waals surface area contributed by atoms with Crippen molar-refractivity contribution in [3.8, 4) is 5.75 Å². The number of nitrogens with two attached hydrogens (primary N) is 1. The summed E-state index contributed by atoms with van der Waals surface area (Å²) in [5.41, 5.74) is 8.47. The van der Waals surface area contributed by atoms with Gasteiger partial charge in [-0.3, -0.25) is 4.79 Å². The van der Waals surface area contributed by atoms with Crippen molar-refractivity contribution in [3.05, 3.63) is 29.3 Å². The van der Waals surface area contributed by atoms with Crippen LogP contribution in [0.15, 0.2) is 18.2 Å². The first-order valence-corrected chi connectivity index (χ1v) is 7.28. The lowest BCUT2D eigenvalue weighted by Gasteiger charge is -2.40. The Hall–Kier alpha value is -1.55. The summed E-state index contributed by atoms with van der Waals surface area (Å²) >= 11 is 0. The van der Waals surface area contributed by atoms with E-state index in [1.807, 2.05) is 24.0 Å². The maximum atomic E-state index is 12.2. The smallest absolute Gasteiger partial charge is 0.223 e. The van der Waals surface area contributed by atoms with Crippen molar-refractivity contribution in [1.29, 1.82) is 0 Å². The van der Waals surface area contributed by atoms with Crippen molar-refractivity contribution in [2.75, 3.05) is 13.7 Å². The van der Waals surface area contributed by atoms with Crippen LogP contribution < -0.4 is 10.5 Å². The zero-order valence-electron chi connectivity index (χ0n) is 12.6. The van der Waals surface area contributed by atoms with Crippen LogP contribution in [0.25, 0.3) is 0 Å². The Morgan fingerprint density at radius 2 is 2.20 bits per heavy atom. The molecule has 1 aromatic carbocycles. The van der Waals surface area contributed by atoms with E-state index in [2.05, 4.69) is 13.0 Å². The molecule has 1 aliphatic rings. The third-order valence-electron chi connectivity index (χ3n) is 3.98. The number of carbonyl (C=O) groups excluding carboxylic acids is 1. The van der Waals surface area contributed by atoms with E-state index in [1.54, 1.807) is 7.11 Å². The first-order valence-electron chi connectivity index (χ1n) is 7.28. The second-order valence-corrected chi connectivity index (χ2v) is 5.46. The van der Waals surface area contributed by atoms with Gasteiger partial charge in [-0.15, -0.1) is 0 Å². The number of amides is 1. The van der Waals surface area contributed by atoms with Gasteiger partial charge in [0, 0.05) is 19.0 Å². The van der Waals surface area contributed by atoms with Gasteiger partial charge in [0.05, 0.1) is 13.2 Å². The highest BCUT2D eigenvalue weighted by Gasteiger charge is 2.34. The van der Waals surface area contributed by atoms with Crippen LogP contribution in [0.4, 0.5) is 0 Å². The standard InChI is InChI=1S/C16H24N2O2/c1-4-9-18-15(19)8-6-13(17)16(18)12-5-7-14(20-3)11(2)10-12/h5,7,10,13,16H,4,6,8-9,17H2,1-3H3. The van der Waals surface area contributed by atoms with E-state index in [0.717, 1.165) is 36.3 Å². The first kappa shape index (κ1) is 14.9. The summed E-state index contributed by atoms with van der Waals surface area (Å²) in [6.07, 6.45) is 2.27. The van der Waals surface area contributed by atoms with E-state index < -0.39 is 0 Å². The molecule has 0 radical (unpaired) electrons. The number of piperidine rings is 1. The molecule has 110 valence electrons. The summed E-state index contributed by atoms with van der Waals surface area (Å²) in [5.74, 6) is 1.08. The maximum absolute atomic E-state index is 12.2. The second kappa shape index (κ2) is 6.27. The van der Waals surface area contributed by atoms with E-state index in [0.29, 0.717) is 6.42 Å². The van der Waals surface area contributed by atoms with Crippen LogP contribution in [-0.2, 0) is 4.79 Å². The fourth-order valence-corrected chi connectivity index (χ4v) is 3.00. The Bertz CT molecular complexity index is 487. The quantitative estimate of drug-likeness (QED) is 0.918. The number of hydrogen-bond acceptors (Lipinski definition) is 3. The first-order chi connectivity index (χ1) is 9.58. The zero-order valence-corrected chi connectivity index (χ0v) is 12.6. The Morgan fingerprint density at radius 3 is 2.80 bits per heavy atom. The molecule has 4 heteroatoms. The van der Waals surface area contributed by atoms with Gasteiger partial charge in [-0.05, 0) is 37.0 Å². The van der Waals surface area contributed by atoms with Crippen LogP contribution >= 0.6 is 0 Å². The fourth-order valence-electron chi connectivity index (χ4n) is 3.00. The zero-order chi connectivity index (χ0) is 14.7. The van der Waals surface area contributed by atoms with Gasteiger partial charge in [0.2, 0.25) is 5.91 Å². The molecular weight excluding hydrogens is 252 g/mol. The SMILES string of the molecule is CCCN1C(=O)CCC(N)C1c1ccc(OC)c(C)c1. The molecule has 0 spiro atoms. The molecular formula is C16H24N2O2. The van der Waals surface area contributed by atoms with Gasteiger partial charge in [0.25, 0.3) is 0 Å². The van der Waals surface area contributed by atoms with Crippen LogP contribution in [0.3, 0.4) is 0 Å². The molecule has 1 amide bonds. The third kappa shape index (κ3) is 2.80. The summed E-state index contributed by atoms with van der Waals surface area (Å²) in [6, 6.07) is 6.07. The summed E-state index contributed by atoms with van der Waals surface area (Å²) in [5, 5.41) is 0. The normalized spacial score (nSPS) is 23.0. The minimum atomic E-state index is -0.0131. The Kier molecular flexibility index (Phi) is 4.65. The Morgan fingerprint density at radius 1 is 1.45 bits per heavy atom. The summed E-state index contributed by atoms with van der Waals surface area (Å²) < 4.78 is 5.30. The van der Waals surface area contributed by atoms with Crippen LogP contribution in [0.5, 0.6) is 5.75 Å². The second-order valence-electron chi connectivity index (χ2n) is 5.46. The molecule has 0 aliphatic carbocycles. The van der Waals surface area contributed by atoms with Crippen molar-refractivity contribution in [3.63, 3.8) is 0 Å². The summed E-state index contributed by atoms with van der Waals surface area (Å²) in [7, 11) is 1.67. The molecule has 4 nitrogen and oxygen atoms in total. The van der Waals surface area contributed by atoms with Gasteiger partial charge < -0.3 is 15.4 Å². The molecule has 2 rings (SSSR count). The molecule has 0 saturated carbocycles. The Balaban J connectivity index is 2.35. The van der Waals surface area contributed by atoms with Crippen LogP contribution in [0.1, 0.15) is 43.4 Å². The molecule has 1 fully saturated rings. The number of nitrogens with zero attached hydrogens (tertiary/aromatic N) is 1. The van der Waals surface area contributed by atoms with Crippen molar-refractivity contribution >= 4 is 5.91 Å². The highest BCUT2D eigenvalue weighted by molar-refractivity contribution is 5.78. The minimum absolute atomic E-state index is 0.00652. The molecule has 1 heterocycles. The molecule has 2 N–H and O–H groups in total. The van der Waals surface area contributed by atoms with Crippen molar-refractivity contribution < 1.29 is 9.53 Å². The fraction of sp³-hybridized carbons (Fsp3) is 0.562. The topological polar surface area (TPSA) is 55.6 Å². The van der Waals surface area contributed by atoms with E-state index in [-0.39, 0.29) is 18.0 Å². The van der Waals surface area contributed by atoms with Crippen LogP contribution in [0.2, 0.25) is 0 Å². The van der Waals surface area contributed by atoms with Crippen molar-refractivity contribution in [2.45, 2.75) is 45.2 Å². The molecule has 1 aliphatic heterocycles. The van der Waals surface area contributed by atoms with E-state index in [9.17, 15) is 4.79 Å². The lowest BCUT2D eigenvalue weighted by molar-refractivity contribution is -0.137. The lowest BCUT2D eigenvalue weighted by Crippen LogP contribution is -2.49. The molecule has 0 bridgehead atoms.